The lowest BCUT2D eigenvalue weighted by molar-refractivity contribution is 0.0698. The maximum Gasteiger partial charge on any atom is 0.337 e. The first-order valence-electron chi connectivity index (χ1n) is 6.69. The molecule has 6 heteroatoms. The van der Waals surface area contributed by atoms with Crippen LogP contribution in [0.5, 0.6) is 0 Å². The largest absolute Gasteiger partial charge is 0.478 e. The molecule has 2 aromatic rings. The molecule has 0 amide bonds. The van der Waals surface area contributed by atoms with Crippen molar-refractivity contribution in [3.05, 3.63) is 34.2 Å². The number of imidazole rings is 1. The van der Waals surface area contributed by atoms with Gasteiger partial charge in [-0.1, -0.05) is 6.07 Å². The van der Waals surface area contributed by atoms with E-state index >= 15 is 0 Å². The van der Waals surface area contributed by atoms with Gasteiger partial charge in [0, 0.05) is 19.8 Å². The molecule has 2 N–H and O–H groups in total. The summed E-state index contributed by atoms with van der Waals surface area (Å²) in [6, 6.07) is 4.88. The predicted molar refractivity (Wildman–Crippen MR) is 73.1 cm³/mol. The van der Waals surface area contributed by atoms with Crippen molar-refractivity contribution in [3.8, 4) is 0 Å². The highest BCUT2D eigenvalue weighted by atomic mass is 16.5. The minimum absolute atomic E-state index is 0.156. The topological polar surface area (TPSA) is 84.3 Å². The van der Waals surface area contributed by atoms with E-state index in [-0.39, 0.29) is 11.3 Å². The van der Waals surface area contributed by atoms with E-state index in [2.05, 4.69) is 4.98 Å². The number of carboxylic acid groups (broad SMARTS) is 1. The van der Waals surface area contributed by atoms with Gasteiger partial charge in [-0.05, 0) is 30.9 Å². The van der Waals surface area contributed by atoms with Gasteiger partial charge in [-0.25, -0.2) is 9.59 Å². The summed E-state index contributed by atoms with van der Waals surface area (Å²) in [5.74, 6) is -0.573. The van der Waals surface area contributed by atoms with Gasteiger partial charge in [0.25, 0.3) is 0 Å². The Morgan fingerprint density at radius 3 is 3.05 bits per heavy atom. The van der Waals surface area contributed by atoms with Crippen LogP contribution >= 0.6 is 0 Å². The second-order valence-electron chi connectivity index (χ2n) is 5.11. The van der Waals surface area contributed by atoms with E-state index in [9.17, 15) is 14.7 Å². The molecule has 2 heterocycles. The number of rotatable bonds is 4. The molecule has 0 radical (unpaired) electrons. The Bertz CT molecular complexity index is 695. The van der Waals surface area contributed by atoms with E-state index in [0.29, 0.717) is 23.5 Å². The summed E-state index contributed by atoms with van der Waals surface area (Å²) in [5, 5.41) is 9.25. The van der Waals surface area contributed by atoms with Crippen molar-refractivity contribution in [1.29, 1.82) is 0 Å². The third kappa shape index (κ3) is 2.22. The lowest BCUT2D eigenvalue weighted by atomic mass is 10.1. The molecule has 1 unspecified atom stereocenters. The minimum atomic E-state index is -1.02. The van der Waals surface area contributed by atoms with Gasteiger partial charge in [0.05, 0.1) is 16.6 Å². The van der Waals surface area contributed by atoms with Gasteiger partial charge in [-0.2, -0.15) is 0 Å². The summed E-state index contributed by atoms with van der Waals surface area (Å²) in [4.78, 5) is 26.0. The molecule has 0 bridgehead atoms. The number of nitrogens with zero attached hydrogens (tertiary/aromatic N) is 1. The van der Waals surface area contributed by atoms with Crippen LogP contribution in [0.25, 0.3) is 11.0 Å². The number of hydrogen-bond acceptors (Lipinski definition) is 3. The molecule has 1 fully saturated rings. The number of benzene rings is 1. The SMILES string of the molecule is O=C(O)c1cccc2[nH]c(=O)n(CCC3CCOC3)c12. The fourth-order valence-electron chi connectivity index (χ4n) is 2.73. The van der Waals surface area contributed by atoms with Gasteiger partial charge in [0.2, 0.25) is 0 Å². The molecular weight excluding hydrogens is 260 g/mol. The first-order chi connectivity index (χ1) is 9.66. The van der Waals surface area contributed by atoms with Crippen LogP contribution in [-0.4, -0.2) is 33.8 Å². The number of hydrogen-bond donors (Lipinski definition) is 2. The van der Waals surface area contributed by atoms with E-state index in [1.165, 1.54) is 10.6 Å². The molecule has 1 aromatic carbocycles. The third-order valence-corrected chi connectivity index (χ3v) is 3.81. The van der Waals surface area contributed by atoms with Gasteiger partial charge >= 0.3 is 11.7 Å². The second-order valence-corrected chi connectivity index (χ2v) is 5.11. The van der Waals surface area contributed by atoms with Crippen molar-refractivity contribution >= 4 is 17.0 Å². The smallest absolute Gasteiger partial charge is 0.337 e. The molecule has 0 spiro atoms. The van der Waals surface area contributed by atoms with Crippen LogP contribution in [0.4, 0.5) is 0 Å². The van der Waals surface area contributed by atoms with Crippen molar-refractivity contribution in [3.63, 3.8) is 0 Å². The quantitative estimate of drug-likeness (QED) is 0.885. The van der Waals surface area contributed by atoms with E-state index in [1.54, 1.807) is 12.1 Å². The number of nitrogens with one attached hydrogen (secondary N) is 1. The average Bonchev–Trinajstić information content (AvgIpc) is 3.02. The van der Waals surface area contributed by atoms with Crippen LogP contribution in [0.3, 0.4) is 0 Å². The Labute approximate surface area is 115 Å². The zero-order valence-corrected chi connectivity index (χ0v) is 11.0. The molecular formula is C14H16N2O4. The fourth-order valence-corrected chi connectivity index (χ4v) is 2.73. The normalized spacial score (nSPS) is 18.7. The van der Waals surface area contributed by atoms with E-state index in [4.69, 9.17) is 4.74 Å². The van der Waals surface area contributed by atoms with E-state index in [0.717, 1.165) is 26.1 Å². The maximum absolute atomic E-state index is 12.0. The Morgan fingerprint density at radius 1 is 1.50 bits per heavy atom. The van der Waals surface area contributed by atoms with E-state index in [1.807, 2.05) is 0 Å². The van der Waals surface area contributed by atoms with Crippen molar-refractivity contribution in [2.45, 2.75) is 19.4 Å². The number of carboxylic acids is 1. The van der Waals surface area contributed by atoms with Gasteiger partial charge in [-0.3, -0.25) is 4.57 Å². The van der Waals surface area contributed by atoms with E-state index < -0.39 is 5.97 Å². The van der Waals surface area contributed by atoms with Gasteiger partial charge in [0.15, 0.2) is 0 Å². The van der Waals surface area contributed by atoms with Crippen LogP contribution in [0, 0.1) is 5.92 Å². The summed E-state index contributed by atoms with van der Waals surface area (Å²) in [6.45, 7) is 2.01. The van der Waals surface area contributed by atoms with Crippen LogP contribution < -0.4 is 5.69 Å². The monoisotopic (exact) mass is 276 g/mol. The van der Waals surface area contributed by atoms with Crippen LogP contribution in [0.1, 0.15) is 23.2 Å². The summed E-state index contributed by atoms with van der Waals surface area (Å²) in [5.41, 5.74) is 0.942. The zero-order valence-electron chi connectivity index (χ0n) is 11.0. The average molecular weight is 276 g/mol. The molecule has 0 aliphatic carbocycles. The molecule has 6 nitrogen and oxygen atoms in total. The number of ether oxygens (including phenoxy) is 1. The van der Waals surface area contributed by atoms with Crippen molar-refractivity contribution in [2.24, 2.45) is 5.92 Å². The van der Waals surface area contributed by atoms with Gasteiger partial charge in [-0.15, -0.1) is 0 Å². The summed E-state index contributed by atoms with van der Waals surface area (Å²) >= 11 is 0. The number of fused-ring (bicyclic) bond motifs is 1. The molecule has 1 aliphatic heterocycles. The van der Waals surface area contributed by atoms with Crippen molar-refractivity contribution in [2.75, 3.05) is 13.2 Å². The van der Waals surface area contributed by atoms with Crippen molar-refractivity contribution in [1.82, 2.24) is 9.55 Å². The number of aryl methyl sites for hydroxylation is 1. The summed E-state index contributed by atoms with van der Waals surface area (Å²) in [6.07, 6.45) is 1.82. The molecule has 1 aromatic heterocycles. The van der Waals surface area contributed by atoms with Crippen LogP contribution in [-0.2, 0) is 11.3 Å². The number of aromatic nitrogens is 2. The Balaban J connectivity index is 1.98. The zero-order chi connectivity index (χ0) is 14.1. The number of carbonyl (C=O) groups is 1. The van der Waals surface area contributed by atoms with Crippen LogP contribution in [0.2, 0.25) is 0 Å². The predicted octanol–water partition coefficient (Wildman–Crippen LogP) is 1.45. The molecule has 20 heavy (non-hydrogen) atoms. The first-order valence-corrected chi connectivity index (χ1v) is 6.69. The number of aromatic amines is 1. The number of H-pyrrole nitrogens is 1. The Hall–Kier alpha value is -2.08. The number of para-hydroxylation sites is 1. The standard InChI is InChI=1S/C14H16N2O4/c17-13(18)10-2-1-3-11-12(10)16(14(19)15-11)6-4-9-5-7-20-8-9/h1-3,9H,4-8H2,(H,15,19)(H,17,18). The third-order valence-electron chi connectivity index (χ3n) is 3.81. The number of aromatic carboxylic acids is 1. The van der Waals surface area contributed by atoms with Gasteiger partial charge < -0.3 is 14.8 Å². The lowest BCUT2D eigenvalue weighted by Crippen LogP contribution is -2.19. The molecule has 106 valence electrons. The second kappa shape index (κ2) is 5.13. The molecule has 1 atom stereocenters. The maximum atomic E-state index is 12.0. The first kappa shape index (κ1) is 12.9. The highest BCUT2D eigenvalue weighted by molar-refractivity contribution is 6.01. The summed E-state index contributed by atoms with van der Waals surface area (Å²) in [7, 11) is 0. The molecule has 1 aliphatic rings. The highest BCUT2D eigenvalue weighted by Gasteiger charge is 2.19. The summed E-state index contributed by atoms with van der Waals surface area (Å²) < 4.78 is 6.84. The minimum Gasteiger partial charge on any atom is -0.478 e. The molecule has 3 rings (SSSR count). The molecule has 1 saturated heterocycles. The molecule has 0 saturated carbocycles. The lowest BCUT2D eigenvalue weighted by Gasteiger charge is -2.09. The Morgan fingerprint density at radius 2 is 2.35 bits per heavy atom. The Kier molecular flexibility index (Phi) is 3.31. The van der Waals surface area contributed by atoms with Crippen molar-refractivity contribution < 1.29 is 14.6 Å². The van der Waals surface area contributed by atoms with Crippen LogP contribution in [0.15, 0.2) is 23.0 Å². The van der Waals surface area contributed by atoms with Gasteiger partial charge in [0.1, 0.15) is 0 Å². The fraction of sp³-hybridized carbons (Fsp3) is 0.429. The highest BCUT2D eigenvalue weighted by Crippen LogP contribution is 2.20.